The average Bonchev–Trinajstić information content (AvgIpc) is 3.19. The van der Waals surface area contributed by atoms with E-state index >= 15 is 0 Å². The molecule has 1 heterocycles. The molecule has 27 heavy (non-hydrogen) atoms. The summed E-state index contributed by atoms with van der Waals surface area (Å²) in [7, 11) is 0. The van der Waals surface area contributed by atoms with Crippen molar-refractivity contribution in [3.8, 4) is 0 Å². The number of alkyl carbamates (subject to hydrolysis) is 1. The molecule has 1 aromatic carbocycles. The van der Waals surface area contributed by atoms with Crippen molar-refractivity contribution in [1.82, 2.24) is 10.2 Å². The Kier molecular flexibility index (Phi) is 5.75. The van der Waals surface area contributed by atoms with E-state index in [9.17, 15) is 14.7 Å². The number of nitrogens with zero attached hydrogens (tertiary/aromatic N) is 1. The standard InChI is InChI=1S/C21H30N2O4/c1-21(2,3)27-20(26)22-12-13-23-17(10-11-18(23)24)19(25)16-9-5-7-14-6-4-8-15(14)16/h5,7,9,17,19,25H,4,6,8,10-13H2,1-3H3,(H,22,26)/t17-,19?/m0/s1. The Hall–Kier alpha value is -2.08. The van der Waals surface area contributed by atoms with Gasteiger partial charge in [0.2, 0.25) is 5.91 Å². The van der Waals surface area contributed by atoms with E-state index in [1.807, 2.05) is 12.1 Å². The van der Waals surface area contributed by atoms with E-state index in [0.29, 0.717) is 25.9 Å². The van der Waals surface area contributed by atoms with Gasteiger partial charge in [-0.25, -0.2) is 4.79 Å². The molecule has 1 aromatic rings. The number of rotatable bonds is 5. The zero-order valence-corrected chi connectivity index (χ0v) is 16.5. The predicted octanol–water partition coefficient (Wildman–Crippen LogP) is 2.72. The fourth-order valence-electron chi connectivity index (χ4n) is 4.10. The Morgan fingerprint density at radius 1 is 1.33 bits per heavy atom. The highest BCUT2D eigenvalue weighted by molar-refractivity contribution is 5.79. The van der Waals surface area contributed by atoms with Crippen molar-refractivity contribution in [2.24, 2.45) is 0 Å². The van der Waals surface area contributed by atoms with Crippen molar-refractivity contribution >= 4 is 12.0 Å². The summed E-state index contributed by atoms with van der Waals surface area (Å²) in [6, 6.07) is 5.86. The molecule has 2 N–H and O–H groups in total. The van der Waals surface area contributed by atoms with Gasteiger partial charge >= 0.3 is 6.09 Å². The summed E-state index contributed by atoms with van der Waals surface area (Å²) in [6.07, 6.45) is 3.05. The molecular weight excluding hydrogens is 344 g/mol. The molecule has 6 nitrogen and oxygen atoms in total. The first-order valence-electron chi connectivity index (χ1n) is 9.81. The van der Waals surface area contributed by atoms with Crippen LogP contribution in [0.15, 0.2) is 18.2 Å². The highest BCUT2D eigenvalue weighted by Gasteiger charge is 2.37. The Morgan fingerprint density at radius 3 is 2.85 bits per heavy atom. The highest BCUT2D eigenvalue weighted by Crippen LogP contribution is 2.35. The minimum Gasteiger partial charge on any atom is -0.444 e. The maximum atomic E-state index is 12.3. The fraction of sp³-hybridized carbons (Fsp3) is 0.619. The van der Waals surface area contributed by atoms with Gasteiger partial charge in [-0.05, 0) is 63.1 Å². The lowest BCUT2D eigenvalue weighted by molar-refractivity contribution is -0.130. The van der Waals surface area contributed by atoms with Crippen molar-refractivity contribution in [3.63, 3.8) is 0 Å². The molecule has 0 saturated carbocycles. The summed E-state index contributed by atoms with van der Waals surface area (Å²) < 4.78 is 5.22. The van der Waals surface area contributed by atoms with E-state index in [1.165, 1.54) is 11.1 Å². The fourth-order valence-corrected chi connectivity index (χ4v) is 4.10. The molecule has 2 atom stereocenters. The van der Waals surface area contributed by atoms with E-state index in [4.69, 9.17) is 4.74 Å². The zero-order chi connectivity index (χ0) is 19.6. The lowest BCUT2D eigenvalue weighted by Gasteiger charge is -2.30. The molecule has 6 heteroatoms. The van der Waals surface area contributed by atoms with Gasteiger partial charge in [-0.1, -0.05) is 18.2 Å². The van der Waals surface area contributed by atoms with Gasteiger partial charge in [-0.15, -0.1) is 0 Å². The number of hydrogen-bond acceptors (Lipinski definition) is 4. The van der Waals surface area contributed by atoms with Crippen LogP contribution in [0.25, 0.3) is 0 Å². The summed E-state index contributed by atoms with van der Waals surface area (Å²) in [6.45, 7) is 6.09. The normalized spacial score (nSPS) is 20.5. The van der Waals surface area contributed by atoms with E-state index < -0.39 is 17.8 Å². The van der Waals surface area contributed by atoms with Gasteiger partial charge in [0.1, 0.15) is 5.60 Å². The van der Waals surface area contributed by atoms with E-state index in [2.05, 4.69) is 11.4 Å². The first-order valence-corrected chi connectivity index (χ1v) is 9.81. The third-order valence-electron chi connectivity index (χ3n) is 5.26. The summed E-state index contributed by atoms with van der Waals surface area (Å²) in [5, 5.41) is 13.7. The van der Waals surface area contributed by atoms with Crippen LogP contribution in [0.4, 0.5) is 4.79 Å². The summed E-state index contributed by atoms with van der Waals surface area (Å²) in [5.41, 5.74) is 2.96. The Balaban J connectivity index is 1.63. The van der Waals surface area contributed by atoms with Gasteiger partial charge in [-0.2, -0.15) is 0 Å². The molecule has 1 aliphatic heterocycles. The molecule has 1 fully saturated rings. The highest BCUT2D eigenvalue weighted by atomic mass is 16.6. The number of aliphatic hydroxyl groups excluding tert-OH is 1. The average molecular weight is 374 g/mol. The van der Waals surface area contributed by atoms with Crippen LogP contribution in [0, 0.1) is 0 Å². The molecule has 1 unspecified atom stereocenters. The van der Waals surface area contributed by atoms with E-state index in [-0.39, 0.29) is 11.9 Å². The van der Waals surface area contributed by atoms with Crippen molar-refractivity contribution < 1.29 is 19.4 Å². The number of fused-ring (bicyclic) bond motifs is 1. The van der Waals surface area contributed by atoms with Crippen molar-refractivity contribution in [2.45, 2.75) is 70.6 Å². The molecule has 2 amide bonds. The SMILES string of the molecule is CC(C)(C)OC(=O)NCCN1C(=O)CC[C@H]1C(O)c1cccc2c1CCC2. The third-order valence-corrected chi connectivity index (χ3v) is 5.26. The van der Waals surface area contributed by atoms with Gasteiger partial charge in [0.15, 0.2) is 0 Å². The maximum Gasteiger partial charge on any atom is 0.407 e. The Bertz CT molecular complexity index is 711. The van der Waals surface area contributed by atoms with Gasteiger partial charge < -0.3 is 20.1 Å². The van der Waals surface area contributed by atoms with Crippen LogP contribution in [0.2, 0.25) is 0 Å². The molecule has 1 saturated heterocycles. The summed E-state index contributed by atoms with van der Waals surface area (Å²) in [5.74, 6) is 0.0256. The number of likely N-dealkylation sites (tertiary alicyclic amines) is 1. The van der Waals surface area contributed by atoms with Crippen LogP contribution in [0.5, 0.6) is 0 Å². The molecule has 0 spiro atoms. The molecule has 0 aromatic heterocycles. The first-order chi connectivity index (χ1) is 12.8. The van der Waals surface area contributed by atoms with E-state index in [0.717, 1.165) is 24.8 Å². The Morgan fingerprint density at radius 2 is 2.11 bits per heavy atom. The minimum atomic E-state index is -0.689. The van der Waals surface area contributed by atoms with Gasteiger partial charge in [0, 0.05) is 19.5 Å². The third kappa shape index (κ3) is 4.61. The number of benzene rings is 1. The number of hydrogen-bond donors (Lipinski definition) is 2. The molecule has 3 rings (SSSR count). The number of aryl methyl sites for hydroxylation is 1. The predicted molar refractivity (Wildman–Crippen MR) is 102 cm³/mol. The minimum absolute atomic E-state index is 0.0256. The van der Waals surface area contributed by atoms with Crippen molar-refractivity contribution in [2.75, 3.05) is 13.1 Å². The molecule has 1 aliphatic carbocycles. The molecule has 0 bridgehead atoms. The number of carbonyl (C=O) groups excluding carboxylic acids is 2. The lowest BCUT2D eigenvalue weighted by Crippen LogP contribution is -2.43. The number of nitrogens with one attached hydrogen (secondary N) is 1. The van der Waals surface area contributed by atoms with Gasteiger partial charge in [0.25, 0.3) is 0 Å². The van der Waals surface area contributed by atoms with Crippen molar-refractivity contribution in [3.05, 3.63) is 34.9 Å². The smallest absolute Gasteiger partial charge is 0.407 e. The monoisotopic (exact) mass is 374 g/mol. The van der Waals surface area contributed by atoms with Crippen LogP contribution in [-0.2, 0) is 22.4 Å². The first kappa shape index (κ1) is 19.7. The van der Waals surface area contributed by atoms with E-state index in [1.54, 1.807) is 25.7 Å². The molecular formula is C21H30N2O4. The summed E-state index contributed by atoms with van der Waals surface area (Å²) in [4.78, 5) is 25.8. The van der Waals surface area contributed by atoms with Gasteiger partial charge in [-0.3, -0.25) is 4.79 Å². The van der Waals surface area contributed by atoms with Crippen molar-refractivity contribution in [1.29, 1.82) is 0 Å². The maximum absolute atomic E-state index is 12.3. The second kappa shape index (κ2) is 7.89. The molecule has 2 aliphatic rings. The summed E-state index contributed by atoms with van der Waals surface area (Å²) >= 11 is 0. The van der Waals surface area contributed by atoms with Crippen LogP contribution < -0.4 is 5.32 Å². The second-order valence-electron chi connectivity index (χ2n) is 8.41. The van der Waals surface area contributed by atoms with Crippen LogP contribution in [0.1, 0.15) is 62.8 Å². The second-order valence-corrected chi connectivity index (χ2v) is 8.41. The quantitative estimate of drug-likeness (QED) is 0.831. The number of amides is 2. The number of aliphatic hydroxyl groups is 1. The zero-order valence-electron chi connectivity index (χ0n) is 16.5. The van der Waals surface area contributed by atoms with Crippen LogP contribution >= 0.6 is 0 Å². The van der Waals surface area contributed by atoms with Crippen LogP contribution in [-0.4, -0.2) is 46.7 Å². The molecule has 148 valence electrons. The lowest BCUT2D eigenvalue weighted by atomic mass is 9.93. The van der Waals surface area contributed by atoms with Gasteiger partial charge in [0.05, 0.1) is 12.1 Å². The van der Waals surface area contributed by atoms with Crippen LogP contribution in [0.3, 0.4) is 0 Å². The number of ether oxygens (including phenoxy) is 1. The largest absolute Gasteiger partial charge is 0.444 e. The Labute approximate surface area is 160 Å². The molecule has 0 radical (unpaired) electrons. The number of carbonyl (C=O) groups is 2. The topological polar surface area (TPSA) is 78.9 Å².